The van der Waals surface area contributed by atoms with Crippen LogP contribution in [-0.4, -0.2) is 0 Å². The Balaban J connectivity index is 0.000000791. The van der Waals surface area contributed by atoms with Gasteiger partial charge in [0, 0.05) is 5.92 Å². The molecule has 0 spiro atoms. The van der Waals surface area contributed by atoms with Gasteiger partial charge in [-0.15, -0.1) is 11.8 Å². The molecule has 0 amide bonds. The third-order valence-electron chi connectivity index (χ3n) is 3.06. The van der Waals surface area contributed by atoms with Crippen molar-refractivity contribution in [3.05, 3.63) is 0 Å². The molecule has 0 bridgehead atoms. The van der Waals surface area contributed by atoms with Crippen molar-refractivity contribution in [3.63, 3.8) is 0 Å². The molecule has 0 aliphatic heterocycles. The lowest BCUT2D eigenvalue weighted by molar-refractivity contribution is 0.252. The highest BCUT2D eigenvalue weighted by molar-refractivity contribution is 5.02. The molecule has 0 unspecified atom stereocenters. The zero-order valence-electron chi connectivity index (χ0n) is 10.6. The summed E-state index contributed by atoms with van der Waals surface area (Å²) in [6.45, 7) is 10.6. The third-order valence-corrected chi connectivity index (χ3v) is 3.06. The second kappa shape index (κ2) is 7.92. The molecule has 1 fully saturated rings. The molecule has 0 aromatic heterocycles. The van der Waals surface area contributed by atoms with Crippen molar-refractivity contribution in [3.8, 4) is 11.8 Å². The number of hydrogen-bond donors (Lipinski definition) is 0. The SMILES string of the molecule is CC.CC#CC1CCC(C(C)C)CC1. The first-order chi connectivity index (χ1) is 6.74. The predicted octanol–water partition coefficient (Wildman–Crippen LogP) is 4.50. The lowest BCUT2D eigenvalue weighted by Gasteiger charge is -2.28. The summed E-state index contributed by atoms with van der Waals surface area (Å²) in [5.74, 6) is 8.89. The molecular formula is C14H26. The summed E-state index contributed by atoms with van der Waals surface area (Å²) in [4.78, 5) is 0. The fourth-order valence-electron chi connectivity index (χ4n) is 2.13. The molecule has 82 valence electrons. The van der Waals surface area contributed by atoms with Crippen LogP contribution in [0.5, 0.6) is 0 Å². The van der Waals surface area contributed by atoms with Gasteiger partial charge in [0.1, 0.15) is 0 Å². The zero-order valence-corrected chi connectivity index (χ0v) is 10.6. The van der Waals surface area contributed by atoms with Crippen LogP contribution in [0.3, 0.4) is 0 Å². The molecule has 0 heteroatoms. The van der Waals surface area contributed by atoms with E-state index in [-0.39, 0.29) is 0 Å². The molecule has 0 nitrogen and oxygen atoms in total. The van der Waals surface area contributed by atoms with E-state index in [9.17, 15) is 0 Å². The molecule has 0 radical (unpaired) electrons. The Morgan fingerprint density at radius 2 is 1.50 bits per heavy atom. The van der Waals surface area contributed by atoms with Crippen LogP contribution in [0.15, 0.2) is 0 Å². The Morgan fingerprint density at radius 1 is 1.00 bits per heavy atom. The van der Waals surface area contributed by atoms with Crippen molar-refractivity contribution in [1.29, 1.82) is 0 Å². The molecule has 1 aliphatic rings. The van der Waals surface area contributed by atoms with Gasteiger partial charge in [0.15, 0.2) is 0 Å². The van der Waals surface area contributed by atoms with E-state index in [0.717, 1.165) is 11.8 Å². The number of hydrogen-bond acceptors (Lipinski definition) is 0. The molecule has 0 N–H and O–H groups in total. The van der Waals surface area contributed by atoms with Crippen molar-refractivity contribution in [2.75, 3.05) is 0 Å². The van der Waals surface area contributed by atoms with Crippen molar-refractivity contribution in [2.45, 2.75) is 60.3 Å². The topological polar surface area (TPSA) is 0 Å². The minimum atomic E-state index is 0.713. The molecule has 1 saturated carbocycles. The molecule has 0 aromatic rings. The van der Waals surface area contributed by atoms with Crippen LogP contribution >= 0.6 is 0 Å². The van der Waals surface area contributed by atoms with E-state index in [2.05, 4.69) is 25.7 Å². The Morgan fingerprint density at radius 3 is 1.86 bits per heavy atom. The average molecular weight is 194 g/mol. The van der Waals surface area contributed by atoms with E-state index in [1.165, 1.54) is 25.7 Å². The van der Waals surface area contributed by atoms with Gasteiger partial charge in [-0.2, -0.15) is 0 Å². The maximum Gasteiger partial charge on any atom is 0.0203 e. The molecule has 0 atom stereocenters. The van der Waals surface area contributed by atoms with Gasteiger partial charge in [0.25, 0.3) is 0 Å². The summed E-state index contributed by atoms with van der Waals surface area (Å²) in [7, 11) is 0. The van der Waals surface area contributed by atoms with Gasteiger partial charge in [-0.1, -0.05) is 27.7 Å². The van der Waals surface area contributed by atoms with Crippen LogP contribution in [0.1, 0.15) is 60.3 Å². The smallest absolute Gasteiger partial charge is 0.0203 e. The lowest BCUT2D eigenvalue weighted by atomic mass is 9.77. The van der Waals surface area contributed by atoms with Crippen molar-refractivity contribution in [2.24, 2.45) is 17.8 Å². The van der Waals surface area contributed by atoms with Gasteiger partial charge in [0.2, 0.25) is 0 Å². The van der Waals surface area contributed by atoms with Crippen LogP contribution in [0.25, 0.3) is 0 Å². The molecule has 1 rings (SSSR count). The van der Waals surface area contributed by atoms with E-state index in [0.29, 0.717) is 5.92 Å². The molecular weight excluding hydrogens is 168 g/mol. The highest BCUT2D eigenvalue weighted by atomic mass is 14.3. The maximum absolute atomic E-state index is 3.29. The van der Waals surface area contributed by atoms with Crippen LogP contribution in [0.4, 0.5) is 0 Å². The van der Waals surface area contributed by atoms with Crippen molar-refractivity contribution < 1.29 is 0 Å². The van der Waals surface area contributed by atoms with Gasteiger partial charge in [-0.05, 0) is 44.4 Å². The summed E-state index contributed by atoms with van der Waals surface area (Å²) in [5, 5.41) is 0. The minimum absolute atomic E-state index is 0.713. The standard InChI is InChI=1S/C12H20.C2H6/c1-4-5-11-6-8-12(9-7-11)10(2)3;1-2/h10-12H,6-9H2,1-3H3;1-2H3. The van der Waals surface area contributed by atoms with Crippen LogP contribution in [0.2, 0.25) is 0 Å². The number of rotatable bonds is 1. The second-order valence-electron chi connectivity index (χ2n) is 4.25. The van der Waals surface area contributed by atoms with E-state index in [1.807, 2.05) is 20.8 Å². The second-order valence-corrected chi connectivity index (χ2v) is 4.25. The summed E-state index contributed by atoms with van der Waals surface area (Å²) in [5.41, 5.74) is 0. The monoisotopic (exact) mass is 194 g/mol. The molecule has 14 heavy (non-hydrogen) atoms. The Kier molecular flexibility index (Phi) is 7.67. The molecule has 0 saturated heterocycles. The highest BCUT2D eigenvalue weighted by Gasteiger charge is 2.21. The first-order valence-corrected chi connectivity index (χ1v) is 6.16. The fraction of sp³-hybridized carbons (Fsp3) is 0.857. The Bertz CT molecular complexity index is 172. The van der Waals surface area contributed by atoms with Gasteiger partial charge in [0.05, 0.1) is 0 Å². The van der Waals surface area contributed by atoms with Crippen LogP contribution < -0.4 is 0 Å². The average Bonchev–Trinajstić information content (AvgIpc) is 2.22. The minimum Gasteiger partial charge on any atom is -0.106 e. The van der Waals surface area contributed by atoms with E-state index >= 15 is 0 Å². The van der Waals surface area contributed by atoms with Gasteiger partial charge in [-0.25, -0.2) is 0 Å². The normalized spacial score (nSPS) is 25.9. The van der Waals surface area contributed by atoms with Gasteiger partial charge in [-0.3, -0.25) is 0 Å². The van der Waals surface area contributed by atoms with Gasteiger partial charge >= 0.3 is 0 Å². The largest absolute Gasteiger partial charge is 0.106 e. The van der Waals surface area contributed by atoms with Crippen molar-refractivity contribution in [1.82, 2.24) is 0 Å². The summed E-state index contributed by atoms with van der Waals surface area (Å²) < 4.78 is 0. The predicted molar refractivity (Wildman–Crippen MR) is 65.1 cm³/mol. The lowest BCUT2D eigenvalue weighted by Crippen LogP contribution is -2.17. The van der Waals surface area contributed by atoms with E-state index in [1.54, 1.807) is 0 Å². The molecule has 1 aliphatic carbocycles. The van der Waals surface area contributed by atoms with E-state index in [4.69, 9.17) is 0 Å². The van der Waals surface area contributed by atoms with E-state index < -0.39 is 0 Å². The quantitative estimate of drug-likeness (QED) is 0.539. The van der Waals surface area contributed by atoms with Gasteiger partial charge < -0.3 is 0 Å². The molecule has 0 aromatic carbocycles. The van der Waals surface area contributed by atoms with Crippen molar-refractivity contribution >= 4 is 0 Å². The summed E-state index contributed by atoms with van der Waals surface area (Å²) >= 11 is 0. The third kappa shape index (κ3) is 4.70. The first kappa shape index (κ1) is 13.6. The Hall–Kier alpha value is -0.440. The van der Waals surface area contributed by atoms with Crippen LogP contribution in [0, 0.1) is 29.6 Å². The summed E-state index contributed by atoms with van der Waals surface area (Å²) in [6, 6.07) is 0. The maximum atomic E-state index is 3.29. The fourth-order valence-corrected chi connectivity index (χ4v) is 2.13. The Labute approximate surface area is 90.5 Å². The zero-order chi connectivity index (χ0) is 11.0. The molecule has 0 heterocycles. The van der Waals surface area contributed by atoms with Crippen LogP contribution in [-0.2, 0) is 0 Å². The highest BCUT2D eigenvalue weighted by Crippen LogP contribution is 2.32. The first-order valence-electron chi connectivity index (χ1n) is 6.16. The summed E-state index contributed by atoms with van der Waals surface area (Å²) in [6.07, 6.45) is 5.47.